The van der Waals surface area contributed by atoms with E-state index in [0.29, 0.717) is 17.9 Å². The van der Waals surface area contributed by atoms with E-state index < -0.39 is 0 Å². The fourth-order valence-corrected chi connectivity index (χ4v) is 2.99. The van der Waals surface area contributed by atoms with Crippen molar-refractivity contribution in [2.75, 3.05) is 5.73 Å². The smallest absolute Gasteiger partial charge is 0.236 e. The minimum atomic E-state index is -0.00881. The van der Waals surface area contributed by atoms with Gasteiger partial charge in [0.2, 0.25) is 5.91 Å². The summed E-state index contributed by atoms with van der Waals surface area (Å²) in [6.45, 7) is 1.84. The summed E-state index contributed by atoms with van der Waals surface area (Å²) >= 11 is 0. The largest absolute Gasteiger partial charge is 0.399 e. The van der Waals surface area contributed by atoms with Crippen LogP contribution < -0.4 is 5.73 Å². The fourth-order valence-electron chi connectivity index (χ4n) is 2.99. The van der Waals surface area contributed by atoms with E-state index in [-0.39, 0.29) is 5.91 Å². The third-order valence-electron chi connectivity index (χ3n) is 4.07. The number of rotatable bonds is 2. The van der Waals surface area contributed by atoms with Gasteiger partial charge >= 0.3 is 0 Å². The second-order valence-corrected chi connectivity index (χ2v) is 5.71. The van der Waals surface area contributed by atoms with Crippen molar-refractivity contribution in [3.05, 3.63) is 60.0 Å². The molecule has 2 heterocycles. The topological polar surface area (TPSA) is 76.7 Å². The molecule has 3 N–H and O–H groups in total. The molecule has 0 radical (unpaired) electrons. The Balaban J connectivity index is 1.73. The summed E-state index contributed by atoms with van der Waals surface area (Å²) in [5.74, 6) is 0.670. The highest BCUT2D eigenvalue weighted by Crippen LogP contribution is 2.20. The summed E-state index contributed by atoms with van der Waals surface area (Å²) in [4.78, 5) is 20.4. The van der Waals surface area contributed by atoms with Gasteiger partial charge in [-0.15, -0.1) is 0 Å². The van der Waals surface area contributed by atoms with Crippen molar-refractivity contribution in [2.24, 2.45) is 0 Å². The fraction of sp³-hybridized carbons (Fsp3) is 0.111. The van der Waals surface area contributed by atoms with Gasteiger partial charge in [0.25, 0.3) is 0 Å². The lowest BCUT2D eigenvalue weighted by atomic mass is 10.1. The molecule has 0 saturated heterocycles. The highest BCUT2D eigenvalue weighted by Gasteiger charge is 2.15. The van der Waals surface area contributed by atoms with Gasteiger partial charge in [-0.2, -0.15) is 0 Å². The number of carbonyl (C=O) groups is 1. The maximum Gasteiger partial charge on any atom is 0.236 e. The first-order valence-electron chi connectivity index (χ1n) is 7.45. The second-order valence-electron chi connectivity index (χ2n) is 5.71. The molecule has 23 heavy (non-hydrogen) atoms. The number of aromatic amines is 1. The average molecular weight is 304 g/mol. The molecule has 0 aliphatic carbocycles. The zero-order chi connectivity index (χ0) is 16.0. The zero-order valence-corrected chi connectivity index (χ0v) is 12.7. The number of H-pyrrole nitrogens is 1. The third kappa shape index (κ3) is 2.26. The Kier molecular flexibility index (Phi) is 2.94. The van der Waals surface area contributed by atoms with Crippen LogP contribution >= 0.6 is 0 Å². The van der Waals surface area contributed by atoms with Gasteiger partial charge in [0.15, 0.2) is 0 Å². The summed E-state index contributed by atoms with van der Waals surface area (Å²) in [5.41, 5.74) is 10.1. The zero-order valence-electron chi connectivity index (χ0n) is 12.7. The van der Waals surface area contributed by atoms with Crippen LogP contribution in [0.25, 0.3) is 21.9 Å². The Morgan fingerprint density at radius 2 is 2.09 bits per heavy atom. The monoisotopic (exact) mass is 304 g/mol. The van der Waals surface area contributed by atoms with Crippen molar-refractivity contribution in [1.82, 2.24) is 14.5 Å². The van der Waals surface area contributed by atoms with Gasteiger partial charge in [0.05, 0.1) is 17.5 Å². The van der Waals surface area contributed by atoms with Gasteiger partial charge < -0.3 is 10.7 Å². The minimum absolute atomic E-state index is 0.00881. The molecule has 0 aliphatic rings. The molecule has 5 heteroatoms. The summed E-state index contributed by atoms with van der Waals surface area (Å²) in [6, 6.07) is 13.4. The standard InChI is InChI=1S/C18H16N4O/c1-11-21-16-5-3-14(19)10-17(16)22(11)18(23)9-12-2-4-15-13(8-12)6-7-20-15/h2-8,10,20H,9,19H2,1H3. The third-order valence-corrected chi connectivity index (χ3v) is 4.07. The van der Waals surface area contributed by atoms with Crippen molar-refractivity contribution in [3.63, 3.8) is 0 Å². The Bertz CT molecular complexity index is 1040. The molecule has 0 atom stereocenters. The lowest BCUT2D eigenvalue weighted by Crippen LogP contribution is -2.15. The molecule has 0 bridgehead atoms. The summed E-state index contributed by atoms with van der Waals surface area (Å²) < 4.78 is 1.65. The predicted molar refractivity (Wildman–Crippen MR) is 91.5 cm³/mol. The van der Waals surface area contributed by atoms with Crippen molar-refractivity contribution < 1.29 is 4.79 Å². The van der Waals surface area contributed by atoms with E-state index in [0.717, 1.165) is 27.5 Å². The number of hydrogen-bond donors (Lipinski definition) is 2. The second kappa shape index (κ2) is 4.98. The molecule has 2 aromatic carbocycles. The number of hydrogen-bond acceptors (Lipinski definition) is 3. The van der Waals surface area contributed by atoms with Crippen molar-refractivity contribution in [3.8, 4) is 0 Å². The van der Waals surface area contributed by atoms with Crippen LogP contribution in [0.5, 0.6) is 0 Å². The minimum Gasteiger partial charge on any atom is -0.399 e. The first kappa shape index (κ1) is 13.6. The molecule has 0 fully saturated rings. The Hall–Kier alpha value is -3.08. The number of nitrogens with two attached hydrogens (primary N) is 1. The first-order chi connectivity index (χ1) is 11.1. The van der Waals surface area contributed by atoms with E-state index in [9.17, 15) is 4.79 Å². The first-order valence-corrected chi connectivity index (χ1v) is 7.45. The highest BCUT2D eigenvalue weighted by molar-refractivity contribution is 5.94. The van der Waals surface area contributed by atoms with Crippen molar-refractivity contribution in [1.29, 1.82) is 0 Å². The maximum atomic E-state index is 12.8. The molecule has 0 unspecified atom stereocenters. The summed E-state index contributed by atoms with van der Waals surface area (Å²) in [6.07, 6.45) is 2.22. The van der Waals surface area contributed by atoms with E-state index in [4.69, 9.17) is 5.73 Å². The number of nitrogen functional groups attached to an aromatic ring is 1. The number of carbonyl (C=O) groups excluding carboxylic acids is 1. The number of anilines is 1. The maximum absolute atomic E-state index is 12.8. The van der Waals surface area contributed by atoms with Gasteiger partial charge in [0.1, 0.15) is 5.82 Å². The molecule has 0 amide bonds. The highest BCUT2D eigenvalue weighted by atomic mass is 16.2. The SMILES string of the molecule is Cc1nc2ccc(N)cc2n1C(=O)Cc1ccc2[nH]ccc2c1. The Morgan fingerprint density at radius 1 is 1.22 bits per heavy atom. The van der Waals surface area contributed by atoms with Gasteiger partial charge in [-0.3, -0.25) is 9.36 Å². The van der Waals surface area contributed by atoms with E-state index in [2.05, 4.69) is 9.97 Å². The summed E-state index contributed by atoms with van der Waals surface area (Å²) in [5, 5.41) is 1.10. The van der Waals surface area contributed by atoms with Gasteiger partial charge in [-0.05, 0) is 54.3 Å². The van der Waals surface area contributed by atoms with Crippen molar-refractivity contribution in [2.45, 2.75) is 13.3 Å². The van der Waals surface area contributed by atoms with Crippen LogP contribution in [-0.2, 0) is 6.42 Å². The molecule has 0 spiro atoms. The van der Waals surface area contributed by atoms with Crippen LogP contribution in [0.3, 0.4) is 0 Å². The normalized spacial score (nSPS) is 11.3. The van der Waals surface area contributed by atoms with E-state index in [1.165, 1.54) is 0 Å². The van der Waals surface area contributed by atoms with Gasteiger partial charge in [0, 0.05) is 17.4 Å². The molecule has 4 aromatic rings. The number of imidazole rings is 1. The number of aryl methyl sites for hydroxylation is 1. The van der Waals surface area contributed by atoms with Crippen LogP contribution in [0.1, 0.15) is 16.2 Å². The molecule has 0 saturated carbocycles. The van der Waals surface area contributed by atoms with Crippen LogP contribution in [0, 0.1) is 6.92 Å². The van der Waals surface area contributed by atoms with Gasteiger partial charge in [-0.1, -0.05) is 6.07 Å². The van der Waals surface area contributed by atoms with Crippen LogP contribution in [0.2, 0.25) is 0 Å². The Morgan fingerprint density at radius 3 is 2.96 bits per heavy atom. The molecule has 4 rings (SSSR count). The number of aromatic nitrogens is 3. The average Bonchev–Trinajstić information content (AvgIpc) is 3.09. The number of benzene rings is 2. The lowest BCUT2D eigenvalue weighted by Gasteiger charge is -2.06. The van der Waals surface area contributed by atoms with Gasteiger partial charge in [-0.25, -0.2) is 4.98 Å². The molecule has 114 valence electrons. The number of nitrogens with one attached hydrogen (secondary N) is 1. The molecule has 0 aliphatic heterocycles. The molecule has 5 nitrogen and oxygen atoms in total. The summed E-state index contributed by atoms with van der Waals surface area (Å²) in [7, 11) is 0. The van der Waals surface area contributed by atoms with E-state index >= 15 is 0 Å². The van der Waals surface area contributed by atoms with Crippen molar-refractivity contribution >= 4 is 33.5 Å². The number of nitrogens with zero attached hydrogens (tertiary/aromatic N) is 2. The Labute approximate surface area is 132 Å². The van der Waals surface area contributed by atoms with Crippen LogP contribution in [-0.4, -0.2) is 20.4 Å². The van der Waals surface area contributed by atoms with E-state index in [1.54, 1.807) is 16.7 Å². The van der Waals surface area contributed by atoms with Crippen LogP contribution in [0.15, 0.2) is 48.7 Å². The molecular formula is C18H16N4O. The number of fused-ring (bicyclic) bond motifs is 2. The molecule has 2 aromatic heterocycles. The van der Waals surface area contributed by atoms with Crippen LogP contribution in [0.4, 0.5) is 5.69 Å². The lowest BCUT2D eigenvalue weighted by molar-refractivity contribution is 0.0916. The molecular weight excluding hydrogens is 288 g/mol. The predicted octanol–water partition coefficient (Wildman–Crippen LogP) is 3.29. The quantitative estimate of drug-likeness (QED) is 0.558. The van der Waals surface area contributed by atoms with E-state index in [1.807, 2.05) is 43.5 Å².